The second-order valence-corrected chi connectivity index (χ2v) is 3.27. The highest BCUT2D eigenvalue weighted by molar-refractivity contribution is 5.76. The summed E-state index contributed by atoms with van der Waals surface area (Å²) in [6.45, 7) is -0.184. The molecule has 0 fully saturated rings. The van der Waals surface area contributed by atoms with Crippen LogP contribution in [0.25, 0.3) is 0 Å². The molecule has 0 aliphatic heterocycles. The molecule has 1 aromatic carbocycles. The van der Waals surface area contributed by atoms with Gasteiger partial charge in [0.05, 0.1) is 12.1 Å². The summed E-state index contributed by atoms with van der Waals surface area (Å²) in [5, 5.41) is 9.08. The molecule has 9 heteroatoms. The fourth-order valence-corrected chi connectivity index (χ4v) is 1.15. The smallest absolute Gasteiger partial charge is 0.365 e. The van der Waals surface area contributed by atoms with Crippen LogP contribution in [0.4, 0.5) is 13.2 Å². The van der Waals surface area contributed by atoms with Crippen LogP contribution in [0.5, 0.6) is 0 Å². The molecule has 0 aromatic heterocycles. The summed E-state index contributed by atoms with van der Waals surface area (Å²) in [7, 11) is 0. The summed E-state index contributed by atoms with van der Waals surface area (Å²) < 4.78 is 37.1. The van der Waals surface area contributed by atoms with Crippen molar-refractivity contribution in [3.8, 4) is 0 Å². The first-order chi connectivity index (χ1) is 8.29. The number of nitrogens with one attached hydrogen (secondary N) is 1. The lowest BCUT2D eigenvalue weighted by Crippen LogP contribution is -2.36. The lowest BCUT2D eigenvalue weighted by Gasteiger charge is -2.07. The highest BCUT2D eigenvalue weighted by atomic mass is 19.4. The first-order valence-electron chi connectivity index (χ1n) is 4.66. The van der Waals surface area contributed by atoms with E-state index in [1.165, 1.54) is 12.1 Å². The van der Waals surface area contributed by atoms with Crippen LogP contribution in [0.15, 0.2) is 29.3 Å². The number of nitro groups is 1. The molecule has 0 saturated carbocycles. The number of benzene rings is 1. The SMILES string of the molecule is NC(=NCc1cccc(C(F)(F)F)c1)N[N+](=O)[O-]. The Morgan fingerprint density at radius 2 is 2.17 bits per heavy atom. The number of guanidine groups is 1. The predicted octanol–water partition coefficient (Wildman–Crippen LogP) is 1.30. The van der Waals surface area contributed by atoms with Gasteiger partial charge in [-0.05, 0) is 17.7 Å². The molecule has 0 radical (unpaired) electrons. The fourth-order valence-electron chi connectivity index (χ4n) is 1.15. The number of hydrazine groups is 1. The predicted molar refractivity (Wildman–Crippen MR) is 56.9 cm³/mol. The standard InChI is InChI=1S/C9H9F3N4O2/c10-9(11,12)7-3-1-2-6(4-7)5-14-8(13)15-16(17)18/h1-4H,5H2,(H3,13,14,15). The van der Waals surface area contributed by atoms with E-state index in [9.17, 15) is 23.3 Å². The number of hydrogen-bond donors (Lipinski definition) is 2. The van der Waals surface area contributed by atoms with E-state index in [2.05, 4.69) is 4.99 Å². The average Bonchev–Trinajstić information content (AvgIpc) is 2.25. The Morgan fingerprint density at radius 3 is 2.72 bits per heavy atom. The molecule has 0 aliphatic carbocycles. The number of nitrogens with zero attached hydrogens (tertiary/aromatic N) is 2. The molecule has 18 heavy (non-hydrogen) atoms. The van der Waals surface area contributed by atoms with Crippen molar-refractivity contribution in [2.24, 2.45) is 10.7 Å². The highest BCUT2D eigenvalue weighted by Crippen LogP contribution is 2.29. The lowest BCUT2D eigenvalue weighted by molar-refractivity contribution is -0.525. The Morgan fingerprint density at radius 1 is 1.50 bits per heavy atom. The second kappa shape index (κ2) is 5.34. The Balaban J connectivity index is 2.77. The van der Waals surface area contributed by atoms with Crippen LogP contribution in [0.3, 0.4) is 0 Å². The molecule has 6 nitrogen and oxygen atoms in total. The topological polar surface area (TPSA) is 93.5 Å². The molecule has 0 spiro atoms. The van der Waals surface area contributed by atoms with Gasteiger partial charge in [-0.15, -0.1) is 0 Å². The van der Waals surface area contributed by atoms with Gasteiger partial charge < -0.3 is 5.73 Å². The molecule has 98 valence electrons. The van der Waals surface area contributed by atoms with E-state index >= 15 is 0 Å². The fraction of sp³-hybridized carbons (Fsp3) is 0.222. The highest BCUT2D eigenvalue weighted by Gasteiger charge is 2.30. The van der Waals surface area contributed by atoms with E-state index in [1.54, 1.807) is 5.43 Å². The minimum absolute atomic E-state index is 0.184. The van der Waals surface area contributed by atoms with Crippen LogP contribution < -0.4 is 11.2 Å². The van der Waals surface area contributed by atoms with Gasteiger partial charge in [-0.1, -0.05) is 17.6 Å². The molecular formula is C9H9F3N4O2. The average molecular weight is 262 g/mol. The molecular weight excluding hydrogens is 253 g/mol. The van der Waals surface area contributed by atoms with Crippen molar-refractivity contribution < 1.29 is 18.2 Å². The maximum absolute atomic E-state index is 12.4. The van der Waals surface area contributed by atoms with E-state index in [0.29, 0.717) is 0 Å². The van der Waals surface area contributed by atoms with E-state index in [0.717, 1.165) is 12.1 Å². The summed E-state index contributed by atoms with van der Waals surface area (Å²) in [6, 6.07) is 4.47. The van der Waals surface area contributed by atoms with Crippen molar-refractivity contribution in [3.05, 3.63) is 45.5 Å². The van der Waals surface area contributed by atoms with Gasteiger partial charge in [0.15, 0.2) is 5.03 Å². The third-order valence-corrected chi connectivity index (χ3v) is 1.89. The third kappa shape index (κ3) is 4.28. The molecule has 0 amide bonds. The molecule has 0 heterocycles. The van der Waals surface area contributed by atoms with Gasteiger partial charge >= 0.3 is 6.18 Å². The largest absolute Gasteiger partial charge is 0.416 e. The van der Waals surface area contributed by atoms with Gasteiger partial charge in [0, 0.05) is 0 Å². The molecule has 0 unspecified atom stereocenters. The number of rotatable bonds is 3. The molecule has 0 aliphatic rings. The number of alkyl halides is 3. The zero-order chi connectivity index (χ0) is 13.8. The van der Waals surface area contributed by atoms with Crippen LogP contribution >= 0.6 is 0 Å². The van der Waals surface area contributed by atoms with E-state index in [4.69, 9.17) is 5.73 Å². The minimum Gasteiger partial charge on any atom is -0.365 e. The van der Waals surface area contributed by atoms with Crippen LogP contribution in [-0.2, 0) is 12.7 Å². The van der Waals surface area contributed by atoms with Gasteiger partial charge in [-0.2, -0.15) is 13.2 Å². The molecule has 1 rings (SSSR count). The zero-order valence-corrected chi connectivity index (χ0v) is 8.94. The van der Waals surface area contributed by atoms with Gasteiger partial charge in [-0.3, -0.25) is 0 Å². The first-order valence-corrected chi connectivity index (χ1v) is 4.66. The van der Waals surface area contributed by atoms with Crippen molar-refractivity contribution in [1.29, 1.82) is 0 Å². The van der Waals surface area contributed by atoms with Crippen LogP contribution in [-0.4, -0.2) is 11.0 Å². The van der Waals surface area contributed by atoms with Crippen molar-refractivity contribution >= 4 is 5.96 Å². The zero-order valence-electron chi connectivity index (χ0n) is 8.94. The monoisotopic (exact) mass is 262 g/mol. The molecule has 0 bridgehead atoms. The summed E-state index contributed by atoms with van der Waals surface area (Å²) >= 11 is 0. The van der Waals surface area contributed by atoms with Crippen LogP contribution in [0.2, 0.25) is 0 Å². The van der Waals surface area contributed by atoms with E-state index < -0.39 is 22.7 Å². The van der Waals surface area contributed by atoms with Crippen LogP contribution in [0, 0.1) is 10.1 Å². The quantitative estimate of drug-likeness (QED) is 0.371. The first kappa shape index (κ1) is 13.7. The minimum atomic E-state index is -4.44. The van der Waals surface area contributed by atoms with Crippen LogP contribution in [0.1, 0.15) is 11.1 Å². The van der Waals surface area contributed by atoms with E-state index in [-0.39, 0.29) is 12.1 Å². The van der Waals surface area contributed by atoms with Gasteiger partial charge in [0.25, 0.3) is 5.96 Å². The van der Waals surface area contributed by atoms with Crippen molar-refractivity contribution in [2.75, 3.05) is 0 Å². The van der Waals surface area contributed by atoms with Crippen molar-refractivity contribution in [2.45, 2.75) is 12.7 Å². The maximum Gasteiger partial charge on any atom is 0.416 e. The summed E-state index contributed by atoms with van der Waals surface area (Å²) in [5.74, 6) is -0.475. The number of halogens is 3. The summed E-state index contributed by atoms with van der Waals surface area (Å²) in [5.41, 5.74) is 6.15. The Hall–Kier alpha value is -2.32. The third-order valence-electron chi connectivity index (χ3n) is 1.89. The summed E-state index contributed by atoms with van der Waals surface area (Å²) in [6.07, 6.45) is -4.44. The van der Waals surface area contributed by atoms with Gasteiger partial charge in [0.1, 0.15) is 0 Å². The maximum atomic E-state index is 12.4. The normalized spacial score (nSPS) is 12.3. The number of nitrogens with two attached hydrogens (primary N) is 1. The van der Waals surface area contributed by atoms with E-state index in [1.807, 2.05) is 0 Å². The molecule has 0 saturated heterocycles. The van der Waals surface area contributed by atoms with Gasteiger partial charge in [-0.25, -0.2) is 15.1 Å². The Labute approximate surface area is 99.4 Å². The number of hydrogen-bond acceptors (Lipinski definition) is 3. The van der Waals surface area contributed by atoms with Crippen molar-refractivity contribution in [1.82, 2.24) is 5.43 Å². The Bertz CT molecular complexity index is 473. The molecule has 0 atom stereocenters. The number of aliphatic imine (C=N–C) groups is 1. The molecule has 3 N–H and O–H groups in total. The Kier molecular flexibility index (Phi) is 4.08. The second-order valence-electron chi connectivity index (χ2n) is 3.27. The van der Waals surface area contributed by atoms with Gasteiger partial charge in [0.2, 0.25) is 0 Å². The van der Waals surface area contributed by atoms with Crippen molar-refractivity contribution in [3.63, 3.8) is 0 Å². The summed E-state index contributed by atoms with van der Waals surface area (Å²) in [4.78, 5) is 13.5. The molecule has 1 aromatic rings. The lowest BCUT2D eigenvalue weighted by atomic mass is 10.1.